The molecule has 8 nitrogen and oxygen atoms in total. The highest BCUT2D eigenvalue weighted by atomic mass is 16.4. The monoisotopic (exact) mass is 254 g/mol. The van der Waals surface area contributed by atoms with Gasteiger partial charge in [0.1, 0.15) is 0 Å². The Morgan fingerprint density at radius 2 is 0.889 bits per heavy atom. The Kier molecular flexibility index (Phi) is 3.32. The standard InChI is InChI=1S/C10H6O8/c11-7(12)3-1-2-4(8(13)14)6(10(17)18)5(3)9(15)16/h1-2H,(H,11,12)(H,13,14)(H,15,16)(H,17,18). The zero-order chi connectivity index (χ0) is 14.0. The third-order valence-electron chi connectivity index (χ3n) is 2.09. The van der Waals surface area contributed by atoms with E-state index >= 15 is 0 Å². The van der Waals surface area contributed by atoms with Gasteiger partial charge >= 0.3 is 23.9 Å². The highest BCUT2D eigenvalue weighted by Gasteiger charge is 2.29. The summed E-state index contributed by atoms with van der Waals surface area (Å²) in [5, 5.41) is 35.2. The van der Waals surface area contributed by atoms with Crippen molar-refractivity contribution in [3.63, 3.8) is 0 Å². The van der Waals surface area contributed by atoms with E-state index in [-0.39, 0.29) is 0 Å². The van der Waals surface area contributed by atoms with Gasteiger partial charge in [0.2, 0.25) is 0 Å². The fourth-order valence-corrected chi connectivity index (χ4v) is 1.40. The maximum atomic E-state index is 10.9. The molecule has 0 unspecified atom stereocenters. The van der Waals surface area contributed by atoms with Gasteiger partial charge in [-0.3, -0.25) is 0 Å². The van der Waals surface area contributed by atoms with Gasteiger partial charge in [0.25, 0.3) is 0 Å². The van der Waals surface area contributed by atoms with Crippen LogP contribution in [-0.2, 0) is 0 Å². The molecule has 0 aliphatic rings. The van der Waals surface area contributed by atoms with E-state index in [1.54, 1.807) is 0 Å². The first-order chi connectivity index (χ1) is 8.27. The van der Waals surface area contributed by atoms with Crippen molar-refractivity contribution in [3.8, 4) is 0 Å². The smallest absolute Gasteiger partial charge is 0.337 e. The Hall–Kier alpha value is -2.90. The fraction of sp³-hybridized carbons (Fsp3) is 0. The molecule has 0 fully saturated rings. The molecular weight excluding hydrogens is 248 g/mol. The minimum absolute atomic E-state index is 0.738. The number of hydrogen-bond donors (Lipinski definition) is 4. The average Bonchev–Trinajstić information content (AvgIpc) is 2.26. The highest BCUT2D eigenvalue weighted by molar-refractivity contribution is 6.13. The maximum Gasteiger partial charge on any atom is 0.337 e. The summed E-state index contributed by atoms with van der Waals surface area (Å²) < 4.78 is 0. The van der Waals surface area contributed by atoms with E-state index < -0.39 is 46.1 Å². The second kappa shape index (κ2) is 4.53. The summed E-state index contributed by atoms with van der Waals surface area (Å²) in [6.07, 6.45) is 0. The van der Waals surface area contributed by atoms with Crippen LogP contribution in [0, 0.1) is 0 Å². The number of carboxylic acids is 4. The van der Waals surface area contributed by atoms with E-state index in [1.807, 2.05) is 0 Å². The minimum Gasteiger partial charge on any atom is -0.478 e. The minimum atomic E-state index is -1.83. The Morgan fingerprint density at radius 1 is 0.611 bits per heavy atom. The highest BCUT2D eigenvalue weighted by Crippen LogP contribution is 2.20. The van der Waals surface area contributed by atoms with E-state index in [0.29, 0.717) is 0 Å². The van der Waals surface area contributed by atoms with Crippen LogP contribution in [0.25, 0.3) is 0 Å². The van der Waals surface area contributed by atoms with Crippen molar-refractivity contribution >= 4 is 23.9 Å². The zero-order valence-corrected chi connectivity index (χ0v) is 8.58. The molecule has 0 bridgehead atoms. The Balaban J connectivity index is 3.82. The molecule has 94 valence electrons. The van der Waals surface area contributed by atoms with Gasteiger partial charge < -0.3 is 20.4 Å². The zero-order valence-electron chi connectivity index (χ0n) is 8.58. The van der Waals surface area contributed by atoms with Crippen LogP contribution in [0.15, 0.2) is 12.1 Å². The lowest BCUT2D eigenvalue weighted by Crippen LogP contribution is -2.19. The number of hydrogen-bond acceptors (Lipinski definition) is 4. The van der Waals surface area contributed by atoms with Crippen LogP contribution in [0.4, 0.5) is 0 Å². The third kappa shape index (κ3) is 2.12. The van der Waals surface area contributed by atoms with Gasteiger partial charge in [-0.1, -0.05) is 0 Å². The predicted octanol–water partition coefficient (Wildman–Crippen LogP) is 0.479. The fourth-order valence-electron chi connectivity index (χ4n) is 1.40. The molecule has 0 saturated heterocycles. The van der Waals surface area contributed by atoms with Gasteiger partial charge in [0, 0.05) is 0 Å². The number of aromatic carboxylic acids is 4. The number of carboxylic acid groups (broad SMARTS) is 4. The molecule has 0 radical (unpaired) electrons. The number of benzene rings is 1. The van der Waals surface area contributed by atoms with Crippen LogP contribution in [0.1, 0.15) is 41.4 Å². The van der Waals surface area contributed by atoms with Crippen molar-refractivity contribution in [2.24, 2.45) is 0 Å². The van der Waals surface area contributed by atoms with Crippen LogP contribution in [0.2, 0.25) is 0 Å². The molecule has 1 rings (SSSR count). The Labute approximate surface area is 98.7 Å². The molecule has 0 spiro atoms. The SMILES string of the molecule is O=C(O)c1ccc(C(=O)O)c(C(=O)O)c1C(=O)O. The van der Waals surface area contributed by atoms with E-state index in [2.05, 4.69) is 0 Å². The van der Waals surface area contributed by atoms with Gasteiger partial charge in [-0.15, -0.1) is 0 Å². The second-order valence-electron chi connectivity index (χ2n) is 3.13. The topological polar surface area (TPSA) is 149 Å². The van der Waals surface area contributed by atoms with Gasteiger partial charge in [-0.05, 0) is 12.1 Å². The lowest BCUT2D eigenvalue weighted by atomic mass is 9.95. The molecule has 1 aromatic carbocycles. The first-order valence-electron chi connectivity index (χ1n) is 4.37. The Bertz CT molecular complexity index is 520. The molecule has 0 aromatic heterocycles. The van der Waals surface area contributed by atoms with Crippen molar-refractivity contribution in [1.29, 1.82) is 0 Å². The van der Waals surface area contributed by atoms with E-state index in [4.69, 9.17) is 20.4 Å². The second-order valence-corrected chi connectivity index (χ2v) is 3.13. The van der Waals surface area contributed by atoms with Crippen LogP contribution < -0.4 is 0 Å². The quantitative estimate of drug-likeness (QED) is 0.605. The summed E-state index contributed by atoms with van der Waals surface area (Å²) in [5.74, 6) is -6.97. The van der Waals surface area contributed by atoms with Gasteiger partial charge in [-0.2, -0.15) is 0 Å². The van der Waals surface area contributed by atoms with Crippen molar-refractivity contribution < 1.29 is 39.6 Å². The maximum absolute atomic E-state index is 10.9. The molecule has 18 heavy (non-hydrogen) atoms. The van der Waals surface area contributed by atoms with Crippen molar-refractivity contribution in [1.82, 2.24) is 0 Å². The van der Waals surface area contributed by atoms with E-state index in [0.717, 1.165) is 12.1 Å². The largest absolute Gasteiger partial charge is 0.478 e. The third-order valence-corrected chi connectivity index (χ3v) is 2.09. The van der Waals surface area contributed by atoms with Gasteiger partial charge in [0.05, 0.1) is 22.3 Å². The normalized spacial score (nSPS) is 9.78. The number of rotatable bonds is 4. The molecule has 0 aliphatic heterocycles. The first-order valence-corrected chi connectivity index (χ1v) is 4.37. The molecule has 0 aliphatic carbocycles. The molecule has 8 heteroatoms. The molecule has 4 N–H and O–H groups in total. The summed E-state index contributed by atoms with van der Waals surface area (Å²) in [5.41, 5.74) is -3.69. The van der Waals surface area contributed by atoms with Crippen LogP contribution in [-0.4, -0.2) is 44.3 Å². The van der Waals surface area contributed by atoms with Crippen LogP contribution in [0.3, 0.4) is 0 Å². The summed E-state index contributed by atoms with van der Waals surface area (Å²) >= 11 is 0. The van der Waals surface area contributed by atoms with E-state index in [1.165, 1.54) is 0 Å². The Morgan fingerprint density at radius 3 is 1.06 bits per heavy atom. The van der Waals surface area contributed by atoms with Gasteiger partial charge in [0.15, 0.2) is 0 Å². The van der Waals surface area contributed by atoms with Crippen molar-refractivity contribution in [3.05, 3.63) is 34.4 Å². The molecular formula is C10H6O8. The predicted molar refractivity (Wildman–Crippen MR) is 54.3 cm³/mol. The van der Waals surface area contributed by atoms with Crippen molar-refractivity contribution in [2.75, 3.05) is 0 Å². The molecule has 0 amide bonds. The lowest BCUT2D eigenvalue weighted by molar-refractivity contribution is 0.0619. The summed E-state index contributed by atoms with van der Waals surface area (Å²) in [7, 11) is 0. The lowest BCUT2D eigenvalue weighted by Gasteiger charge is -2.08. The average molecular weight is 254 g/mol. The summed E-state index contributed by atoms with van der Waals surface area (Å²) in [6.45, 7) is 0. The molecule has 0 heterocycles. The van der Waals surface area contributed by atoms with E-state index in [9.17, 15) is 19.2 Å². The summed E-state index contributed by atoms with van der Waals surface area (Å²) in [6, 6.07) is 1.48. The molecule has 1 aromatic rings. The van der Waals surface area contributed by atoms with Crippen LogP contribution >= 0.6 is 0 Å². The van der Waals surface area contributed by atoms with Gasteiger partial charge in [-0.25, -0.2) is 19.2 Å². The first kappa shape index (κ1) is 13.2. The van der Waals surface area contributed by atoms with Crippen molar-refractivity contribution in [2.45, 2.75) is 0 Å². The number of carbonyl (C=O) groups is 4. The van der Waals surface area contributed by atoms with Crippen LogP contribution in [0.5, 0.6) is 0 Å². The summed E-state index contributed by atoms with van der Waals surface area (Å²) in [4.78, 5) is 43.4. The molecule has 0 saturated carbocycles. The molecule has 0 atom stereocenters.